The molecule has 1 N–H and O–H groups in total. The Hall–Kier alpha value is -2.06. The average Bonchev–Trinajstić information content (AvgIpc) is 2.86. The third-order valence-electron chi connectivity index (χ3n) is 3.20. The fourth-order valence-electron chi connectivity index (χ4n) is 2.10. The second-order valence-corrected chi connectivity index (χ2v) is 7.03. The molecule has 1 amide bonds. The van der Waals surface area contributed by atoms with E-state index in [0.29, 0.717) is 4.91 Å². The van der Waals surface area contributed by atoms with Gasteiger partial charge in [0.05, 0.1) is 16.2 Å². The Morgan fingerprint density at radius 3 is 2.60 bits per heavy atom. The first-order chi connectivity index (χ1) is 11.8. The van der Waals surface area contributed by atoms with E-state index in [-0.39, 0.29) is 16.8 Å². The van der Waals surface area contributed by atoms with Gasteiger partial charge >= 0.3 is 6.18 Å². The van der Waals surface area contributed by atoms with Crippen molar-refractivity contribution in [3.05, 3.63) is 69.0 Å². The number of benzene rings is 2. The van der Waals surface area contributed by atoms with Crippen LogP contribution in [0.4, 0.5) is 18.9 Å². The molecule has 0 radical (unpaired) electrons. The average molecular weight is 427 g/mol. The summed E-state index contributed by atoms with van der Waals surface area (Å²) < 4.78 is 39.1. The van der Waals surface area contributed by atoms with Gasteiger partial charge in [-0.05, 0) is 53.7 Å². The highest BCUT2D eigenvalue weighted by Gasteiger charge is 2.30. The van der Waals surface area contributed by atoms with Crippen molar-refractivity contribution in [3.8, 4) is 0 Å². The monoisotopic (exact) mass is 426 g/mol. The Bertz CT molecular complexity index is 893. The van der Waals surface area contributed by atoms with Gasteiger partial charge in [0.25, 0.3) is 5.91 Å². The summed E-state index contributed by atoms with van der Waals surface area (Å²) in [7, 11) is 0. The van der Waals surface area contributed by atoms with Crippen molar-refractivity contribution < 1.29 is 18.0 Å². The number of rotatable bonds is 2. The summed E-state index contributed by atoms with van der Waals surface area (Å²) in [6.45, 7) is 0. The predicted octanol–water partition coefficient (Wildman–Crippen LogP) is 5.36. The summed E-state index contributed by atoms with van der Waals surface area (Å²) in [5.74, 6) is -0.337. The van der Waals surface area contributed by atoms with E-state index in [4.69, 9.17) is 0 Å². The molecule has 0 atom stereocenters. The fraction of sp³-hybridized carbons (Fsp3) is 0.0588. The van der Waals surface area contributed by atoms with Crippen LogP contribution in [-0.4, -0.2) is 11.1 Å². The zero-order valence-electron chi connectivity index (χ0n) is 12.5. The lowest BCUT2D eigenvalue weighted by molar-refractivity contribution is -0.137. The molecule has 2 aromatic carbocycles. The number of halogens is 4. The molecule has 8 heteroatoms. The van der Waals surface area contributed by atoms with Gasteiger partial charge in [-0.2, -0.15) is 13.2 Å². The number of thioether (sulfide) groups is 1. The lowest BCUT2D eigenvalue weighted by atomic mass is 10.2. The minimum absolute atomic E-state index is 0.126. The molecule has 1 heterocycles. The summed E-state index contributed by atoms with van der Waals surface area (Å²) in [5.41, 5.74) is 0.169. The molecular weight excluding hydrogens is 417 g/mol. The fourth-order valence-corrected chi connectivity index (χ4v) is 3.36. The van der Waals surface area contributed by atoms with Crippen molar-refractivity contribution >= 4 is 50.5 Å². The maximum atomic E-state index is 12.7. The van der Waals surface area contributed by atoms with Gasteiger partial charge in [-0.25, -0.2) is 4.99 Å². The summed E-state index contributed by atoms with van der Waals surface area (Å²) in [5, 5.41) is 2.80. The molecule has 0 unspecified atom stereocenters. The van der Waals surface area contributed by atoms with Crippen molar-refractivity contribution in [2.75, 3.05) is 0 Å². The van der Waals surface area contributed by atoms with Crippen LogP contribution in [0.5, 0.6) is 0 Å². The number of carbonyl (C=O) groups excluding carboxylic acids is 1. The van der Waals surface area contributed by atoms with Crippen molar-refractivity contribution in [2.24, 2.45) is 4.99 Å². The van der Waals surface area contributed by atoms with Crippen LogP contribution in [0.3, 0.4) is 0 Å². The van der Waals surface area contributed by atoms with Crippen LogP contribution >= 0.6 is 27.7 Å². The van der Waals surface area contributed by atoms with E-state index in [1.807, 2.05) is 24.3 Å². The van der Waals surface area contributed by atoms with Gasteiger partial charge in [-0.1, -0.05) is 34.1 Å². The molecule has 3 nitrogen and oxygen atoms in total. The van der Waals surface area contributed by atoms with E-state index < -0.39 is 11.7 Å². The third kappa shape index (κ3) is 4.52. The van der Waals surface area contributed by atoms with Gasteiger partial charge in [-0.3, -0.25) is 4.79 Å². The lowest BCUT2D eigenvalue weighted by Gasteiger charge is -2.06. The molecule has 1 fully saturated rings. The van der Waals surface area contributed by atoms with Crippen LogP contribution in [0.2, 0.25) is 0 Å². The largest absolute Gasteiger partial charge is 0.416 e. The van der Waals surface area contributed by atoms with Crippen molar-refractivity contribution in [3.63, 3.8) is 0 Å². The van der Waals surface area contributed by atoms with Gasteiger partial charge in [0.1, 0.15) is 0 Å². The van der Waals surface area contributed by atoms with Gasteiger partial charge in [0, 0.05) is 4.47 Å². The number of amides is 1. The maximum Gasteiger partial charge on any atom is 0.416 e. The topological polar surface area (TPSA) is 41.5 Å². The highest BCUT2D eigenvalue weighted by molar-refractivity contribution is 9.10. The van der Waals surface area contributed by atoms with Crippen molar-refractivity contribution in [2.45, 2.75) is 6.18 Å². The predicted molar refractivity (Wildman–Crippen MR) is 96.4 cm³/mol. The van der Waals surface area contributed by atoms with E-state index >= 15 is 0 Å². The van der Waals surface area contributed by atoms with Crippen LogP contribution in [0.25, 0.3) is 6.08 Å². The Kier molecular flexibility index (Phi) is 5.01. The second kappa shape index (κ2) is 7.05. The quantitative estimate of drug-likeness (QED) is 0.656. The normalized spacial score (nSPS) is 18.0. The van der Waals surface area contributed by atoms with Crippen LogP contribution < -0.4 is 5.32 Å². The second-order valence-electron chi connectivity index (χ2n) is 5.08. The van der Waals surface area contributed by atoms with Crippen LogP contribution in [0, 0.1) is 0 Å². The van der Waals surface area contributed by atoms with E-state index in [1.165, 1.54) is 12.1 Å². The highest BCUT2D eigenvalue weighted by atomic mass is 79.9. The molecule has 0 aliphatic carbocycles. The Morgan fingerprint density at radius 1 is 1.12 bits per heavy atom. The molecule has 3 rings (SSSR count). The minimum Gasteiger partial charge on any atom is -0.300 e. The van der Waals surface area contributed by atoms with E-state index in [9.17, 15) is 18.0 Å². The third-order valence-corrected chi connectivity index (χ3v) is 4.60. The minimum atomic E-state index is -4.44. The standard InChI is InChI=1S/C17H10BrF3N2OS/c18-12-5-1-3-10(7-12)8-14-15(24)23-16(25-14)22-13-6-2-4-11(9-13)17(19,20)21/h1-9H,(H,22,23,24). The summed E-state index contributed by atoms with van der Waals surface area (Å²) in [6.07, 6.45) is -2.74. The number of aliphatic imine (C=N–C) groups is 1. The number of nitrogens with one attached hydrogen (secondary N) is 1. The maximum absolute atomic E-state index is 12.7. The van der Waals surface area contributed by atoms with E-state index in [1.54, 1.807) is 6.08 Å². The highest BCUT2D eigenvalue weighted by Crippen LogP contribution is 2.33. The first-order valence-corrected chi connectivity index (χ1v) is 8.65. The van der Waals surface area contributed by atoms with Gasteiger partial charge in [-0.15, -0.1) is 0 Å². The molecule has 1 aliphatic heterocycles. The van der Waals surface area contributed by atoms with Crippen molar-refractivity contribution in [1.29, 1.82) is 0 Å². The number of hydrogen-bond acceptors (Lipinski definition) is 3. The first-order valence-electron chi connectivity index (χ1n) is 7.04. The zero-order valence-corrected chi connectivity index (χ0v) is 14.9. The molecule has 0 spiro atoms. The molecule has 25 heavy (non-hydrogen) atoms. The number of amidine groups is 1. The number of nitrogens with zero attached hydrogens (tertiary/aromatic N) is 1. The first kappa shape index (κ1) is 17.8. The molecule has 128 valence electrons. The van der Waals surface area contributed by atoms with Gasteiger partial charge < -0.3 is 5.32 Å². The molecular formula is C17H10BrF3N2OS. The SMILES string of the molecule is O=C1NC(=Nc2cccc(C(F)(F)F)c2)SC1=Cc1cccc(Br)c1. The molecule has 0 bridgehead atoms. The molecule has 0 saturated carbocycles. The molecule has 0 aromatic heterocycles. The molecule has 1 aliphatic rings. The molecule has 1 saturated heterocycles. The smallest absolute Gasteiger partial charge is 0.300 e. The lowest BCUT2D eigenvalue weighted by Crippen LogP contribution is -2.19. The Labute approximate surface area is 154 Å². The van der Waals surface area contributed by atoms with E-state index in [0.717, 1.165) is 33.9 Å². The van der Waals surface area contributed by atoms with E-state index in [2.05, 4.69) is 26.2 Å². The van der Waals surface area contributed by atoms with Crippen LogP contribution in [0.15, 0.2) is 62.9 Å². The zero-order chi connectivity index (χ0) is 18.0. The summed E-state index contributed by atoms with van der Waals surface area (Å²) in [6, 6.07) is 12.0. The van der Waals surface area contributed by atoms with Crippen molar-refractivity contribution in [1.82, 2.24) is 5.32 Å². The number of carbonyl (C=O) groups is 1. The van der Waals surface area contributed by atoms with Crippen LogP contribution in [0.1, 0.15) is 11.1 Å². The Morgan fingerprint density at radius 2 is 1.88 bits per heavy atom. The Balaban J connectivity index is 1.84. The van der Waals surface area contributed by atoms with Gasteiger partial charge in [0.2, 0.25) is 0 Å². The molecule has 2 aromatic rings. The number of hydrogen-bond donors (Lipinski definition) is 1. The number of alkyl halides is 3. The van der Waals surface area contributed by atoms with Crippen LogP contribution in [-0.2, 0) is 11.0 Å². The summed E-state index contributed by atoms with van der Waals surface area (Å²) >= 11 is 4.43. The summed E-state index contributed by atoms with van der Waals surface area (Å²) in [4.78, 5) is 16.5. The van der Waals surface area contributed by atoms with Gasteiger partial charge in [0.15, 0.2) is 5.17 Å².